The van der Waals surface area contributed by atoms with Gasteiger partial charge in [0.2, 0.25) is 5.91 Å². The summed E-state index contributed by atoms with van der Waals surface area (Å²) >= 11 is 5.90. The van der Waals surface area contributed by atoms with Gasteiger partial charge >= 0.3 is 0 Å². The first-order chi connectivity index (χ1) is 9.58. The van der Waals surface area contributed by atoms with E-state index in [1.54, 1.807) is 18.5 Å². The number of halogens is 2. The summed E-state index contributed by atoms with van der Waals surface area (Å²) < 4.78 is 13.6. The first kappa shape index (κ1) is 14.5. The molecule has 20 heavy (non-hydrogen) atoms. The number of carbonyl (C=O) groups is 1. The van der Waals surface area contributed by atoms with Crippen LogP contribution < -0.4 is 5.32 Å². The van der Waals surface area contributed by atoms with Crippen molar-refractivity contribution in [1.82, 2.24) is 10.3 Å². The van der Waals surface area contributed by atoms with Crippen molar-refractivity contribution in [2.75, 3.05) is 0 Å². The summed E-state index contributed by atoms with van der Waals surface area (Å²) in [6, 6.07) is 7.84. The molecule has 1 aromatic carbocycles. The molecule has 0 spiro atoms. The molecular weight excluding hydrogens is 279 g/mol. The lowest BCUT2D eigenvalue weighted by Crippen LogP contribution is -2.28. The maximum absolute atomic E-state index is 13.6. The molecule has 0 aliphatic rings. The molecule has 0 aliphatic heterocycles. The number of nitrogens with one attached hydrogen (secondary N) is 1. The molecule has 1 N–H and O–H groups in total. The second-order valence-electron chi connectivity index (χ2n) is 4.45. The second-order valence-corrected chi connectivity index (χ2v) is 4.85. The van der Waals surface area contributed by atoms with E-state index in [2.05, 4.69) is 10.3 Å². The third kappa shape index (κ3) is 3.54. The van der Waals surface area contributed by atoms with Crippen molar-refractivity contribution in [3.63, 3.8) is 0 Å². The average Bonchev–Trinajstić information content (AvgIpc) is 2.44. The Morgan fingerprint density at radius 1 is 1.35 bits per heavy atom. The topological polar surface area (TPSA) is 42.0 Å². The summed E-state index contributed by atoms with van der Waals surface area (Å²) in [6.45, 7) is 1.86. The Kier molecular flexibility index (Phi) is 4.69. The van der Waals surface area contributed by atoms with Gasteiger partial charge in [0.25, 0.3) is 0 Å². The lowest BCUT2D eigenvalue weighted by Gasteiger charge is -2.14. The number of nitrogens with zero attached hydrogens (tertiary/aromatic N) is 1. The molecule has 1 heterocycles. The Bertz CT molecular complexity index is 584. The highest BCUT2D eigenvalue weighted by atomic mass is 35.5. The number of aromatic nitrogens is 1. The van der Waals surface area contributed by atoms with Crippen LogP contribution >= 0.6 is 11.6 Å². The van der Waals surface area contributed by atoms with Gasteiger partial charge in [-0.25, -0.2) is 4.39 Å². The fourth-order valence-electron chi connectivity index (χ4n) is 1.89. The van der Waals surface area contributed by atoms with Crippen molar-refractivity contribution < 1.29 is 9.18 Å². The van der Waals surface area contributed by atoms with Crippen molar-refractivity contribution in [2.45, 2.75) is 19.4 Å². The van der Waals surface area contributed by atoms with Crippen molar-refractivity contribution in [3.8, 4) is 0 Å². The Hall–Kier alpha value is -1.94. The molecule has 0 saturated heterocycles. The quantitative estimate of drug-likeness (QED) is 0.939. The van der Waals surface area contributed by atoms with Gasteiger partial charge in [-0.15, -0.1) is 0 Å². The molecule has 0 radical (unpaired) electrons. The minimum Gasteiger partial charge on any atom is -0.349 e. The predicted octanol–water partition coefficient (Wildman–Crippen LogP) is 3.29. The van der Waals surface area contributed by atoms with E-state index >= 15 is 0 Å². The second kappa shape index (κ2) is 6.48. The molecular formula is C15H14ClFN2O. The molecule has 3 nitrogen and oxygen atoms in total. The van der Waals surface area contributed by atoms with Crippen LogP contribution in [0.25, 0.3) is 0 Å². The van der Waals surface area contributed by atoms with E-state index in [0.717, 1.165) is 5.56 Å². The molecule has 2 rings (SSSR count). The van der Waals surface area contributed by atoms with Gasteiger partial charge in [0, 0.05) is 23.0 Å². The molecule has 0 bridgehead atoms. The SMILES string of the molecule is C[C@H](NC(=O)Cc1c(F)cccc1Cl)c1ccncc1. The zero-order valence-corrected chi connectivity index (χ0v) is 11.7. The number of pyridine rings is 1. The van der Waals surface area contributed by atoms with Crippen LogP contribution in [0.15, 0.2) is 42.7 Å². The van der Waals surface area contributed by atoms with Crippen molar-refractivity contribution >= 4 is 17.5 Å². The van der Waals surface area contributed by atoms with Gasteiger partial charge in [-0.2, -0.15) is 0 Å². The molecule has 1 aromatic heterocycles. The van der Waals surface area contributed by atoms with Gasteiger partial charge in [-0.3, -0.25) is 9.78 Å². The number of hydrogen-bond donors (Lipinski definition) is 1. The Labute approximate surface area is 121 Å². The van der Waals surface area contributed by atoms with E-state index in [9.17, 15) is 9.18 Å². The van der Waals surface area contributed by atoms with Crippen LogP contribution in [0.1, 0.15) is 24.1 Å². The van der Waals surface area contributed by atoms with E-state index in [-0.39, 0.29) is 29.0 Å². The number of benzene rings is 1. The van der Waals surface area contributed by atoms with Crippen LogP contribution in [0.3, 0.4) is 0 Å². The fraction of sp³-hybridized carbons (Fsp3) is 0.200. The Morgan fingerprint density at radius 3 is 2.70 bits per heavy atom. The van der Waals surface area contributed by atoms with Crippen LogP contribution in [0, 0.1) is 5.82 Å². The zero-order valence-electron chi connectivity index (χ0n) is 10.9. The normalized spacial score (nSPS) is 11.9. The summed E-state index contributed by atoms with van der Waals surface area (Å²) in [5.74, 6) is -0.745. The maximum Gasteiger partial charge on any atom is 0.225 e. The van der Waals surface area contributed by atoms with E-state index in [0.29, 0.717) is 0 Å². The third-order valence-electron chi connectivity index (χ3n) is 2.98. The summed E-state index contributed by atoms with van der Waals surface area (Å²) in [5.41, 5.74) is 1.15. The van der Waals surface area contributed by atoms with Crippen molar-refractivity contribution in [1.29, 1.82) is 0 Å². The summed E-state index contributed by atoms with van der Waals surface area (Å²) in [7, 11) is 0. The highest BCUT2D eigenvalue weighted by Crippen LogP contribution is 2.20. The van der Waals surface area contributed by atoms with Gasteiger partial charge in [-0.1, -0.05) is 17.7 Å². The van der Waals surface area contributed by atoms with E-state index in [4.69, 9.17) is 11.6 Å². The van der Waals surface area contributed by atoms with Crippen LogP contribution in [0.4, 0.5) is 4.39 Å². The molecule has 0 fully saturated rings. The smallest absolute Gasteiger partial charge is 0.225 e. The van der Waals surface area contributed by atoms with Crippen LogP contribution in [-0.4, -0.2) is 10.9 Å². The minimum absolute atomic E-state index is 0.0824. The van der Waals surface area contributed by atoms with Gasteiger partial charge in [-0.05, 0) is 36.8 Å². The van der Waals surface area contributed by atoms with Gasteiger partial charge in [0.15, 0.2) is 0 Å². The van der Waals surface area contributed by atoms with Gasteiger partial charge < -0.3 is 5.32 Å². The van der Waals surface area contributed by atoms with E-state index in [1.165, 1.54) is 12.1 Å². The summed E-state index contributed by atoms with van der Waals surface area (Å²) in [5, 5.41) is 3.07. The average molecular weight is 293 g/mol. The highest BCUT2D eigenvalue weighted by molar-refractivity contribution is 6.31. The molecule has 0 saturated carbocycles. The number of amides is 1. The van der Waals surface area contributed by atoms with E-state index < -0.39 is 5.82 Å². The molecule has 1 atom stereocenters. The summed E-state index contributed by atoms with van der Waals surface area (Å²) in [4.78, 5) is 15.9. The number of carbonyl (C=O) groups excluding carboxylic acids is 1. The third-order valence-corrected chi connectivity index (χ3v) is 3.34. The number of hydrogen-bond acceptors (Lipinski definition) is 2. The van der Waals surface area contributed by atoms with E-state index in [1.807, 2.05) is 19.1 Å². The zero-order chi connectivity index (χ0) is 14.5. The lowest BCUT2D eigenvalue weighted by molar-refractivity contribution is -0.121. The molecule has 5 heteroatoms. The van der Waals surface area contributed by atoms with Crippen LogP contribution in [0.2, 0.25) is 5.02 Å². The van der Waals surface area contributed by atoms with Crippen molar-refractivity contribution in [3.05, 3.63) is 64.7 Å². The minimum atomic E-state index is -0.468. The van der Waals surface area contributed by atoms with Crippen LogP contribution in [0.5, 0.6) is 0 Å². The largest absolute Gasteiger partial charge is 0.349 e. The van der Waals surface area contributed by atoms with Crippen LogP contribution in [-0.2, 0) is 11.2 Å². The highest BCUT2D eigenvalue weighted by Gasteiger charge is 2.14. The monoisotopic (exact) mass is 292 g/mol. The van der Waals surface area contributed by atoms with Crippen molar-refractivity contribution in [2.24, 2.45) is 0 Å². The molecule has 0 aliphatic carbocycles. The molecule has 0 unspecified atom stereocenters. The molecule has 2 aromatic rings. The van der Waals surface area contributed by atoms with Gasteiger partial charge in [0.1, 0.15) is 5.82 Å². The van der Waals surface area contributed by atoms with Gasteiger partial charge in [0.05, 0.1) is 12.5 Å². The standard InChI is InChI=1S/C15H14ClFN2O/c1-10(11-5-7-18-8-6-11)19-15(20)9-12-13(16)3-2-4-14(12)17/h2-8,10H,9H2,1H3,(H,19,20)/t10-/m0/s1. The Morgan fingerprint density at radius 2 is 2.05 bits per heavy atom. The maximum atomic E-state index is 13.6. The fourth-order valence-corrected chi connectivity index (χ4v) is 2.12. The predicted molar refractivity (Wildman–Crippen MR) is 75.9 cm³/mol. The first-order valence-electron chi connectivity index (χ1n) is 6.20. The molecule has 104 valence electrons. The molecule has 1 amide bonds. The number of rotatable bonds is 4. The first-order valence-corrected chi connectivity index (χ1v) is 6.58. The lowest BCUT2D eigenvalue weighted by atomic mass is 10.1. The summed E-state index contributed by atoms with van der Waals surface area (Å²) in [6.07, 6.45) is 3.23. The Balaban J connectivity index is 2.03.